The van der Waals surface area contributed by atoms with Crippen LogP contribution in [0.4, 0.5) is 0 Å². The summed E-state index contributed by atoms with van der Waals surface area (Å²) < 4.78 is 0. The first-order valence-electron chi connectivity index (χ1n) is 3.44. The van der Waals surface area contributed by atoms with Gasteiger partial charge in [-0.05, 0) is 16.8 Å². The molecule has 4 heteroatoms. The van der Waals surface area contributed by atoms with E-state index in [1.807, 2.05) is 27.0 Å². The van der Waals surface area contributed by atoms with Crippen LogP contribution in [0.3, 0.4) is 0 Å². The van der Waals surface area contributed by atoms with Gasteiger partial charge >= 0.3 is 0 Å². The lowest BCUT2D eigenvalue weighted by atomic mass is 10.3. The van der Waals surface area contributed by atoms with Gasteiger partial charge in [0.15, 0.2) is 0 Å². The molecule has 1 aliphatic heterocycles. The SMILES string of the molecule is S=CC1C=C(c2cccs2)SS1. The van der Waals surface area contributed by atoms with Crippen LogP contribution in [0.2, 0.25) is 0 Å². The summed E-state index contributed by atoms with van der Waals surface area (Å²) in [5.74, 6) is 0. The molecule has 1 unspecified atom stereocenters. The lowest BCUT2D eigenvalue weighted by molar-refractivity contribution is 1.64. The Balaban J connectivity index is 2.22. The van der Waals surface area contributed by atoms with Crippen LogP contribution in [0, 0.1) is 0 Å². The van der Waals surface area contributed by atoms with E-state index in [9.17, 15) is 0 Å². The standard InChI is InChI=1S/C8H6S4/c9-5-6-4-8(12-11-6)7-2-1-3-10-7/h1-6H. The summed E-state index contributed by atoms with van der Waals surface area (Å²) in [5.41, 5.74) is 0. The van der Waals surface area contributed by atoms with Crippen molar-refractivity contribution in [3.63, 3.8) is 0 Å². The molecule has 1 aliphatic rings. The maximum atomic E-state index is 4.89. The molecule has 0 bridgehead atoms. The molecule has 0 N–H and O–H groups in total. The van der Waals surface area contributed by atoms with E-state index in [0.29, 0.717) is 5.25 Å². The third kappa shape index (κ3) is 1.76. The Hall–Kier alpha value is 0.230. The van der Waals surface area contributed by atoms with Crippen LogP contribution >= 0.6 is 45.1 Å². The third-order valence-corrected chi connectivity index (χ3v) is 5.58. The second kappa shape index (κ2) is 3.96. The third-order valence-electron chi connectivity index (χ3n) is 1.46. The lowest BCUT2D eigenvalue weighted by Crippen LogP contribution is -1.90. The average molecular weight is 230 g/mol. The molecule has 1 atom stereocenters. The molecule has 2 rings (SSSR count). The smallest absolute Gasteiger partial charge is 0.0632 e. The topological polar surface area (TPSA) is 0 Å². The number of hydrogen-bond acceptors (Lipinski definition) is 4. The maximum absolute atomic E-state index is 4.89. The van der Waals surface area contributed by atoms with Crippen LogP contribution in [0.5, 0.6) is 0 Å². The molecule has 0 aliphatic carbocycles. The van der Waals surface area contributed by atoms with Gasteiger partial charge in [0.2, 0.25) is 0 Å². The number of rotatable bonds is 2. The summed E-state index contributed by atoms with van der Waals surface area (Å²) in [7, 11) is 3.64. The zero-order valence-corrected chi connectivity index (χ0v) is 9.36. The number of hydrogen-bond donors (Lipinski definition) is 0. The van der Waals surface area contributed by atoms with Gasteiger partial charge in [-0.15, -0.1) is 11.3 Å². The molecule has 0 radical (unpaired) electrons. The Bertz CT molecular complexity index is 299. The van der Waals surface area contributed by atoms with Crippen molar-refractivity contribution in [3.05, 3.63) is 28.5 Å². The Morgan fingerprint density at radius 2 is 2.42 bits per heavy atom. The summed E-state index contributed by atoms with van der Waals surface area (Å²) in [5, 5.41) is 4.34. The van der Waals surface area contributed by atoms with Crippen LogP contribution in [-0.4, -0.2) is 10.6 Å². The molecule has 0 saturated carbocycles. The zero-order chi connectivity index (χ0) is 8.39. The minimum Gasteiger partial charge on any atom is -0.143 e. The Morgan fingerprint density at radius 3 is 3.00 bits per heavy atom. The summed E-state index contributed by atoms with van der Waals surface area (Å²) >= 11 is 6.68. The molecule has 2 heterocycles. The fourth-order valence-corrected chi connectivity index (χ4v) is 4.75. The van der Waals surface area contributed by atoms with Crippen LogP contribution in [0.25, 0.3) is 4.91 Å². The highest BCUT2D eigenvalue weighted by atomic mass is 33.1. The number of thiocarbonyl (C=S) groups is 1. The summed E-state index contributed by atoms with van der Waals surface area (Å²) in [6.07, 6.45) is 2.23. The van der Waals surface area contributed by atoms with Crippen molar-refractivity contribution in [1.29, 1.82) is 0 Å². The van der Waals surface area contributed by atoms with Crippen LogP contribution in [0.15, 0.2) is 23.6 Å². The van der Waals surface area contributed by atoms with Crippen LogP contribution in [-0.2, 0) is 0 Å². The van der Waals surface area contributed by atoms with E-state index < -0.39 is 0 Å². The summed E-state index contributed by atoms with van der Waals surface area (Å²) in [4.78, 5) is 2.72. The van der Waals surface area contributed by atoms with E-state index in [0.717, 1.165) is 0 Å². The van der Waals surface area contributed by atoms with Crippen molar-refractivity contribution >= 4 is 55.4 Å². The van der Waals surface area contributed by atoms with Crippen molar-refractivity contribution < 1.29 is 0 Å². The fraction of sp³-hybridized carbons (Fsp3) is 0.125. The van der Waals surface area contributed by atoms with Crippen molar-refractivity contribution in [3.8, 4) is 0 Å². The molecular formula is C8H6S4. The monoisotopic (exact) mass is 230 g/mol. The second-order valence-corrected chi connectivity index (χ2v) is 5.93. The first-order valence-corrected chi connectivity index (χ1v) is 7.01. The molecule has 1 aromatic rings. The highest BCUT2D eigenvalue weighted by Gasteiger charge is 2.16. The highest BCUT2D eigenvalue weighted by molar-refractivity contribution is 8.81. The Kier molecular flexibility index (Phi) is 2.91. The first-order chi connectivity index (χ1) is 5.90. The van der Waals surface area contributed by atoms with Crippen LogP contribution in [0.1, 0.15) is 4.88 Å². The van der Waals surface area contributed by atoms with E-state index in [2.05, 4.69) is 23.6 Å². The molecule has 12 heavy (non-hydrogen) atoms. The summed E-state index contributed by atoms with van der Waals surface area (Å²) in [6.45, 7) is 0. The van der Waals surface area contributed by atoms with Gasteiger partial charge in [0.1, 0.15) is 0 Å². The molecule has 0 aromatic carbocycles. The van der Waals surface area contributed by atoms with E-state index in [1.54, 1.807) is 11.3 Å². The van der Waals surface area contributed by atoms with Gasteiger partial charge < -0.3 is 0 Å². The summed E-state index contributed by atoms with van der Waals surface area (Å²) in [6, 6.07) is 4.23. The van der Waals surface area contributed by atoms with E-state index in [1.165, 1.54) is 9.78 Å². The lowest BCUT2D eigenvalue weighted by Gasteiger charge is -1.91. The molecular weight excluding hydrogens is 224 g/mol. The van der Waals surface area contributed by atoms with Crippen molar-refractivity contribution in [1.82, 2.24) is 0 Å². The zero-order valence-electron chi connectivity index (χ0n) is 6.10. The van der Waals surface area contributed by atoms with Gasteiger partial charge in [-0.25, -0.2) is 0 Å². The Labute approximate surface area is 88.8 Å². The molecule has 0 nitrogen and oxygen atoms in total. The average Bonchev–Trinajstić information content (AvgIpc) is 2.75. The van der Waals surface area contributed by atoms with Gasteiger partial charge in [-0.3, -0.25) is 0 Å². The van der Waals surface area contributed by atoms with Gasteiger partial charge in [-0.2, -0.15) is 0 Å². The fourth-order valence-electron chi connectivity index (χ4n) is 0.916. The molecule has 0 fully saturated rings. The predicted octanol–water partition coefficient (Wildman–Crippen LogP) is 3.85. The van der Waals surface area contributed by atoms with Crippen molar-refractivity contribution in [2.24, 2.45) is 0 Å². The number of thiophene rings is 1. The van der Waals surface area contributed by atoms with Gasteiger partial charge in [0.25, 0.3) is 0 Å². The maximum Gasteiger partial charge on any atom is 0.0632 e. The van der Waals surface area contributed by atoms with Crippen LogP contribution < -0.4 is 0 Å². The predicted molar refractivity (Wildman–Crippen MR) is 64.9 cm³/mol. The highest BCUT2D eigenvalue weighted by Crippen LogP contribution is 2.47. The normalized spacial score (nSPS) is 22.3. The van der Waals surface area contributed by atoms with E-state index >= 15 is 0 Å². The van der Waals surface area contributed by atoms with Crippen molar-refractivity contribution in [2.75, 3.05) is 0 Å². The largest absolute Gasteiger partial charge is 0.143 e. The minimum absolute atomic E-state index is 0.419. The molecule has 0 saturated heterocycles. The van der Waals surface area contributed by atoms with E-state index in [-0.39, 0.29) is 0 Å². The Morgan fingerprint density at radius 1 is 1.50 bits per heavy atom. The van der Waals surface area contributed by atoms with E-state index in [4.69, 9.17) is 12.2 Å². The van der Waals surface area contributed by atoms with Gasteiger partial charge in [0.05, 0.1) is 5.25 Å². The molecule has 0 amide bonds. The minimum atomic E-state index is 0.419. The molecule has 62 valence electrons. The molecule has 0 spiro atoms. The quantitative estimate of drug-likeness (QED) is 0.559. The second-order valence-electron chi connectivity index (χ2n) is 2.29. The molecule has 1 aromatic heterocycles. The first kappa shape index (κ1) is 8.81. The van der Waals surface area contributed by atoms with Crippen molar-refractivity contribution in [2.45, 2.75) is 5.25 Å². The van der Waals surface area contributed by atoms with Gasteiger partial charge in [-0.1, -0.05) is 45.9 Å². The van der Waals surface area contributed by atoms with Gasteiger partial charge in [0, 0.05) is 9.78 Å².